The van der Waals surface area contributed by atoms with Gasteiger partial charge in [0.1, 0.15) is 12.4 Å². The van der Waals surface area contributed by atoms with E-state index in [1.165, 1.54) is 0 Å². The summed E-state index contributed by atoms with van der Waals surface area (Å²) < 4.78 is 21.1. The van der Waals surface area contributed by atoms with Gasteiger partial charge in [-0.3, -0.25) is 0 Å². The molecule has 1 N–H and O–H groups in total. The predicted octanol–water partition coefficient (Wildman–Crippen LogP) is 1.94. The average Bonchev–Trinajstić information content (AvgIpc) is 2.53. The predicted molar refractivity (Wildman–Crippen MR) is 79.4 cm³/mol. The number of benzene rings is 1. The first kappa shape index (κ1) is 17.4. The zero-order valence-electron chi connectivity index (χ0n) is 12.6. The van der Waals surface area contributed by atoms with Crippen molar-refractivity contribution >= 4 is 5.71 Å². The van der Waals surface area contributed by atoms with Crippen LogP contribution >= 0.6 is 0 Å². The summed E-state index contributed by atoms with van der Waals surface area (Å²) in [6, 6.07) is 7.38. The highest BCUT2D eigenvalue weighted by Crippen LogP contribution is 2.13. The highest BCUT2D eigenvalue weighted by Gasteiger charge is 2.00. The number of hydrogen-bond donors (Lipinski definition) is 1. The maximum Gasteiger partial charge on any atom is 0.120 e. The van der Waals surface area contributed by atoms with E-state index in [2.05, 4.69) is 5.16 Å². The van der Waals surface area contributed by atoms with Crippen LogP contribution in [-0.4, -0.2) is 57.7 Å². The molecule has 1 aromatic rings. The minimum absolute atomic E-state index is 0.455. The van der Waals surface area contributed by atoms with Gasteiger partial charge in [0, 0.05) is 12.7 Å². The van der Waals surface area contributed by atoms with Crippen LogP contribution in [0.4, 0.5) is 0 Å². The second kappa shape index (κ2) is 11.1. The van der Waals surface area contributed by atoms with Gasteiger partial charge in [0.2, 0.25) is 0 Å². The molecule has 0 aliphatic rings. The molecule has 0 saturated carbocycles. The van der Waals surface area contributed by atoms with E-state index in [1.54, 1.807) is 14.0 Å². The van der Waals surface area contributed by atoms with Gasteiger partial charge in [0.25, 0.3) is 0 Å². The summed E-state index contributed by atoms with van der Waals surface area (Å²) in [5, 5.41) is 11.9. The minimum atomic E-state index is 0.455. The Balaban J connectivity index is 2.13. The normalized spacial score (nSPS) is 11.6. The number of oxime groups is 1. The molecule has 0 fully saturated rings. The lowest BCUT2D eigenvalue weighted by atomic mass is 10.1. The summed E-state index contributed by atoms with van der Waals surface area (Å²) in [6.45, 7) is 4.92. The van der Waals surface area contributed by atoms with E-state index in [9.17, 15) is 0 Å². The molecule has 0 amide bonds. The standard InChI is InChI=1S/C15H23NO5/c1-13(16-17)14-4-3-5-15(12-14)21-11-10-20-9-8-19-7-6-18-2/h3-5,12,17H,6-11H2,1-2H3/b16-13+. The van der Waals surface area contributed by atoms with Crippen LogP contribution in [0, 0.1) is 0 Å². The molecule has 0 aliphatic heterocycles. The lowest BCUT2D eigenvalue weighted by Gasteiger charge is -2.08. The maximum atomic E-state index is 8.74. The fourth-order valence-corrected chi connectivity index (χ4v) is 1.55. The smallest absolute Gasteiger partial charge is 0.120 e. The molecule has 0 saturated heterocycles. The lowest BCUT2D eigenvalue weighted by Crippen LogP contribution is -2.12. The van der Waals surface area contributed by atoms with Gasteiger partial charge in [-0.15, -0.1) is 0 Å². The van der Waals surface area contributed by atoms with Crippen molar-refractivity contribution in [1.82, 2.24) is 0 Å². The number of ether oxygens (including phenoxy) is 4. The van der Waals surface area contributed by atoms with Crippen LogP contribution in [0.5, 0.6) is 5.75 Å². The molecular weight excluding hydrogens is 274 g/mol. The summed E-state index contributed by atoms with van der Waals surface area (Å²) in [5.41, 5.74) is 1.37. The molecule has 6 nitrogen and oxygen atoms in total. The molecule has 21 heavy (non-hydrogen) atoms. The number of methoxy groups -OCH3 is 1. The summed E-state index contributed by atoms with van der Waals surface area (Å²) >= 11 is 0. The largest absolute Gasteiger partial charge is 0.491 e. The van der Waals surface area contributed by atoms with Crippen LogP contribution in [0.15, 0.2) is 29.4 Å². The van der Waals surface area contributed by atoms with Gasteiger partial charge < -0.3 is 24.2 Å². The number of rotatable bonds is 11. The van der Waals surface area contributed by atoms with Crippen LogP contribution in [0.3, 0.4) is 0 Å². The third-order valence-electron chi connectivity index (χ3n) is 2.70. The highest BCUT2D eigenvalue weighted by atomic mass is 16.6. The fraction of sp³-hybridized carbons (Fsp3) is 0.533. The fourth-order valence-electron chi connectivity index (χ4n) is 1.55. The van der Waals surface area contributed by atoms with Gasteiger partial charge in [-0.05, 0) is 19.1 Å². The Hall–Kier alpha value is -1.63. The van der Waals surface area contributed by atoms with Gasteiger partial charge in [0.05, 0.1) is 38.7 Å². The first-order valence-corrected chi connectivity index (χ1v) is 6.84. The topological polar surface area (TPSA) is 69.5 Å². The Labute approximate surface area is 125 Å². The molecule has 1 aromatic carbocycles. The second-order valence-electron chi connectivity index (χ2n) is 4.28. The maximum absolute atomic E-state index is 8.74. The van der Waals surface area contributed by atoms with E-state index in [0.29, 0.717) is 45.4 Å². The van der Waals surface area contributed by atoms with Crippen LogP contribution in [0.1, 0.15) is 12.5 Å². The monoisotopic (exact) mass is 297 g/mol. The van der Waals surface area contributed by atoms with Crippen LogP contribution in [-0.2, 0) is 14.2 Å². The molecule has 0 unspecified atom stereocenters. The van der Waals surface area contributed by atoms with Crippen molar-refractivity contribution in [2.24, 2.45) is 5.16 Å². The van der Waals surface area contributed by atoms with E-state index in [-0.39, 0.29) is 0 Å². The van der Waals surface area contributed by atoms with Gasteiger partial charge in [0.15, 0.2) is 0 Å². The molecule has 0 bridgehead atoms. The van der Waals surface area contributed by atoms with Crippen LogP contribution < -0.4 is 4.74 Å². The average molecular weight is 297 g/mol. The van der Waals surface area contributed by atoms with Crippen LogP contribution in [0.25, 0.3) is 0 Å². The molecule has 0 heterocycles. The summed E-state index contributed by atoms with van der Waals surface area (Å²) in [6.07, 6.45) is 0. The lowest BCUT2D eigenvalue weighted by molar-refractivity contribution is 0.0180. The van der Waals surface area contributed by atoms with Crippen molar-refractivity contribution < 1.29 is 24.2 Å². The molecule has 0 atom stereocenters. The Bertz CT molecular complexity index is 422. The summed E-state index contributed by atoms with van der Waals surface area (Å²) in [4.78, 5) is 0. The first-order valence-electron chi connectivity index (χ1n) is 6.84. The summed E-state index contributed by atoms with van der Waals surface area (Å²) in [5.74, 6) is 0.718. The molecule has 0 aromatic heterocycles. The number of hydrogen-bond acceptors (Lipinski definition) is 6. The third-order valence-corrected chi connectivity index (χ3v) is 2.70. The van der Waals surface area contributed by atoms with Crippen molar-refractivity contribution in [3.8, 4) is 5.75 Å². The molecule has 0 aliphatic carbocycles. The molecule has 6 heteroatoms. The molecule has 0 spiro atoms. The quantitative estimate of drug-likeness (QED) is 0.292. The minimum Gasteiger partial charge on any atom is -0.491 e. The van der Waals surface area contributed by atoms with Gasteiger partial charge in [-0.2, -0.15) is 0 Å². The Kier molecular flexibility index (Phi) is 9.19. The van der Waals surface area contributed by atoms with Gasteiger partial charge >= 0.3 is 0 Å². The van der Waals surface area contributed by atoms with Crippen molar-refractivity contribution in [2.45, 2.75) is 6.92 Å². The van der Waals surface area contributed by atoms with E-state index in [1.807, 2.05) is 24.3 Å². The SMILES string of the molecule is COCCOCCOCCOc1cccc(/C(C)=N/O)c1. The van der Waals surface area contributed by atoms with Crippen LogP contribution in [0.2, 0.25) is 0 Å². The van der Waals surface area contributed by atoms with Crippen molar-refractivity contribution in [1.29, 1.82) is 0 Å². The highest BCUT2D eigenvalue weighted by molar-refractivity contribution is 5.98. The van der Waals surface area contributed by atoms with E-state index in [4.69, 9.17) is 24.2 Å². The van der Waals surface area contributed by atoms with Crippen molar-refractivity contribution in [2.75, 3.05) is 46.8 Å². The zero-order chi connectivity index (χ0) is 15.3. The summed E-state index contributed by atoms with van der Waals surface area (Å²) in [7, 11) is 1.64. The zero-order valence-corrected chi connectivity index (χ0v) is 12.6. The van der Waals surface area contributed by atoms with E-state index < -0.39 is 0 Å². The molecule has 118 valence electrons. The molecule has 0 radical (unpaired) electrons. The Morgan fingerprint density at radius 1 is 1.05 bits per heavy atom. The van der Waals surface area contributed by atoms with Gasteiger partial charge in [-0.25, -0.2) is 0 Å². The number of nitrogens with zero attached hydrogens (tertiary/aromatic N) is 1. The van der Waals surface area contributed by atoms with E-state index in [0.717, 1.165) is 11.3 Å². The Morgan fingerprint density at radius 3 is 2.38 bits per heavy atom. The van der Waals surface area contributed by atoms with Gasteiger partial charge in [-0.1, -0.05) is 17.3 Å². The molecular formula is C15H23NO5. The van der Waals surface area contributed by atoms with E-state index >= 15 is 0 Å². The molecule has 1 rings (SSSR count). The third kappa shape index (κ3) is 7.65. The Morgan fingerprint density at radius 2 is 1.71 bits per heavy atom. The second-order valence-corrected chi connectivity index (χ2v) is 4.28. The van der Waals surface area contributed by atoms with Crippen molar-refractivity contribution in [3.05, 3.63) is 29.8 Å². The first-order chi connectivity index (χ1) is 10.3. The van der Waals surface area contributed by atoms with Crippen molar-refractivity contribution in [3.63, 3.8) is 0 Å².